The highest BCUT2D eigenvalue weighted by Gasteiger charge is 2.47. The first-order chi connectivity index (χ1) is 12.9. The number of fused-ring (bicyclic) bond motifs is 1. The third-order valence-corrected chi connectivity index (χ3v) is 5.65. The molecule has 27 heavy (non-hydrogen) atoms. The third-order valence-electron chi connectivity index (χ3n) is 5.65. The van der Waals surface area contributed by atoms with Gasteiger partial charge in [0.2, 0.25) is 11.8 Å². The molecule has 7 nitrogen and oxygen atoms in total. The first kappa shape index (κ1) is 19.2. The molecule has 2 aliphatic heterocycles. The number of urea groups is 1. The van der Waals surface area contributed by atoms with Gasteiger partial charge in [0.15, 0.2) is 0 Å². The summed E-state index contributed by atoms with van der Waals surface area (Å²) < 4.78 is 0. The van der Waals surface area contributed by atoms with E-state index in [1.54, 1.807) is 4.90 Å². The van der Waals surface area contributed by atoms with Crippen molar-refractivity contribution in [1.29, 1.82) is 0 Å². The van der Waals surface area contributed by atoms with Gasteiger partial charge in [-0.2, -0.15) is 0 Å². The van der Waals surface area contributed by atoms with E-state index in [2.05, 4.69) is 16.0 Å². The monoisotopic (exact) mass is 372 g/mol. The van der Waals surface area contributed by atoms with Crippen LogP contribution in [0.15, 0.2) is 30.3 Å². The van der Waals surface area contributed by atoms with Crippen molar-refractivity contribution in [2.75, 3.05) is 6.54 Å². The fourth-order valence-electron chi connectivity index (χ4n) is 3.79. The summed E-state index contributed by atoms with van der Waals surface area (Å²) in [6, 6.07) is 8.09. The Labute approximate surface area is 159 Å². The molecule has 2 saturated heterocycles. The van der Waals surface area contributed by atoms with Gasteiger partial charge in [-0.1, -0.05) is 50.6 Å². The molecule has 0 spiro atoms. The van der Waals surface area contributed by atoms with Crippen LogP contribution in [0.25, 0.3) is 0 Å². The lowest BCUT2D eigenvalue weighted by Crippen LogP contribution is -2.62. The summed E-state index contributed by atoms with van der Waals surface area (Å²) in [5.41, 5.74) is 1.02. The molecule has 0 unspecified atom stereocenters. The maximum Gasteiger partial charge on any atom is 0.315 e. The van der Waals surface area contributed by atoms with Crippen LogP contribution in [0.5, 0.6) is 0 Å². The Morgan fingerprint density at radius 2 is 1.96 bits per heavy atom. The maximum absolute atomic E-state index is 12.7. The lowest BCUT2D eigenvalue weighted by atomic mass is 9.95. The number of rotatable bonds is 5. The molecule has 3 N–H and O–H groups in total. The molecule has 1 aromatic carbocycles. The smallest absolute Gasteiger partial charge is 0.315 e. The van der Waals surface area contributed by atoms with Crippen LogP contribution in [-0.2, 0) is 9.59 Å². The zero-order chi connectivity index (χ0) is 19.6. The molecule has 3 rings (SSSR count). The van der Waals surface area contributed by atoms with Gasteiger partial charge in [0, 0.05) is 6.54 Å². The third kappa shape index (κ3) is 4.07. The molecule has 0 bridgehead atoms. The SMILES string of the molecule is CC[C@H](C)[C@@H]1NC(=O)[C@@H]2C[C@H](NC(=O)N[C@@H](C)c3ccccc3)CN2C1=O. The minimum atomic E-state index is -0.491. The van der Waals surface area contributed by atoms with Crippen LogP contribution in [-0.4, -0.2) is 47.4 Å². The highest BCUT2D eigenvalue weighted by Crippen LogP contribution is 2.25. The van der Waals surface area contributed by atoms with Gasteiger partial charge in [0.25, 0.3) is 0 Å². The van der Waals surface area contributed by atoms with Crippen molar-refractivity contribution in [2.24, 2.45) is 5.92 Å². The average Bonchev–Trinajstić information content (AvgIpc) is 3.09. The van der Waals surface area contributed by atoms with Crippen LogP contribution >= 0.6 is 0 Å². The minimum absolute atomic E-state index is 0.0451. The van der Waals surface area contributed by atoms with Gasteiger partial charge in [-0.15, -0.1) is 0 Å². The van der Waals surface area contributed by atoms with Crippen LogP contribution in [0.1, 0.15) is 45.2 Å². The minimum Gasteiger partial charge on any atom is -0.342 e. The molecular weight excluding hydrogens is 344 g/mol. The van der Waals surface area contributed by atoms with Crippen molar-refractivity contribution in [3.05, 3.63) is 35.9 Å². The lowest BCUT2D eigenvalue weighted by molar-refractivity contribution is -0.148. The first-order valence-electron chi connectivity index (χ1n) is 9.63. The number of hydrogen-bond acceptors (Lipinski definition) is 3. The molecule has 7 heteroatoms. The van der Waals surface area contributed by atoms with Crippen LogP contribution in [0, 0.1) is 5.92 Å². The van der Waals surface area contributed by atoms with Gasteiger partial charge < -0.3 is 20.9 Å². The molecule has 5 atom stereocenters. The Bertz CT molecular complexity index is 708. The van der Waals surface area contributed by atoms with Crippen LogP contribution < -0.4 is 16.0 Å². The van der Waals surface area contributed by atoms with Crippen molar-refractivity contribution in [3.8, 4) is 0 Å². The predicted molar refractivity (Wildman–Crippen MR) is 102 cm³/mol. The average molecular weight is 372 g/mol. The summed E-state index contributed by atoms with van der Waals surface area (Å²) in [4.78, 5) is 39.1. The number of carbonyl (C=O) groups excluding carboxylic acids is 3. The van der Waals surface area contributed by atoms with Gasteiger partial charge in [-0.3, -0.25) is 9.59 Å². The number of carbonyl (C=O) groups is 3. The van der Waals surface area contributed by atoms with Crippen molar-refractivity contribution >= 4 is 17.8 Å². The van der Waals surface area contributed by atoms with Gasteiger partial charge in [0.1, 0.15) is 12.1 Å². The fourth-order valence-corrected chi connectivity index (χ4v) is 3.79. The standard InChI is InChI=1S/C20H28N4O3/c1-4-12(2)17-19(26)24-11-15(10-16(24)18(25)23-17)22-20(27)21-13(3)14-8-6-5-7-9-14/h5-9,12-13,15-17H,4,10-11H2,1-3H3,(H,23,25)(H2,21,22,27)/t12-,13-,15-,16-,17-/m0/s1. The largest absolute Gasteiger partial charge is 0.342 e. The number of piperazine rings is 1. The molecular formula is C20H28N4O3. The van der Waals surface area contributed by atoms with Gasteiger partial charge in [0.05, 0.1) is 12.1 Å². The topological polar surface area (TPSA) is 90.5 Å². The number of amides is 4. The van der Waals surface area contributed by atoms with E-state index in [4.69, 9.17) is 0 Å². The molecule has 146 valence electrons. The molecule has 1 aromatic rings. The van der Waals surface area contributed by atoms with Gasteiger partial charge in [-0.25, -0.2) is 4.79 Å². The van der Waals surface area contributed by atoms with Gasteiger partial charge >= 0.3 is 6.03 Å². The molecule has 0 aromatic heterocycles. The summed E-state index contributed by atoms with van der Waals surface area (Å²) in [5, 5.41) is 8.68. The fraction of sp³-hybridized carbons (Fsp3) is 0.550. The summed E-state index contributed by atoms with van der Waals surface area (Å²) >= 11 is 0. The van der Waals surface area contributed by atoms with E-state index in [0.29, 0.717) is 13.0 Å². The number of benzene rings is 1. The number of nitrogens with zero attached hydrogens (tertiary/aromatic N) is 1. The predicted octanol–water partition coefficient (Wildman–Crippen LogP) is 1.56. The van der Waals surface area contributed by atoms with E-state index in [1.807, 2.05) is 51.1 Å². The van der Waals surface area contributed by atoms with Crippen molar-refractivity contribution in [1.82, 2.24) is 20.9 Å². The van der Waals surface area contributed by atoms with E-state index in [-0.39, 0.29) is 35.8 Å². The van der Waals surface area contributed by atoms with Crippen molar-refractivity contribution < 1.29 is 14.4 Å². The zero-order valence-corrected chi connectivity index (χ0v) is 16.1. The normalized spacial score (nSPS) is 26.8. The summed E-state index contributed by atoms with van der Waals surface area (Å²) in [6.07, 6.45) is 1.26. The molecule has 2 aliphatic rings. The van der Waals surface area contributed by atoms with E-state index >= 15 is 0 Å². The number of nitrogens with one attached hydrogen (secondary N) is 3. The Morgan fingerprint density at radius 1 is 1.26 bits per heavy atom. The molecule has 2 fully saturated rings. The van der Waals surface area contributed by atoms with Crippen LogP contribution in [0.3, 0.4) is 0 Å². The molecule has 0 saturated carbocycles. The highest BCUT2D eigenvalue weighted by molar-refractivity contribution is 5.97. The second kappa shape index (κ2) is 7.98. The van der Waals surface area contributed by atoms with Gasteiger partial charge in [-0.05, 0) is 24.8 Å². The highest BCUT2D eigenvalue weighted by atomic mass is 16.2. The Hall–Kier alpha value is -2.57. The van der Waals surface area contributed by atoms with E-state index < -0.39 is 12.1 Å². The van der Waals surface area contributed by atoms with Crippen molar-refractivity contribution in [2.45, 2.75) is 57.8 Å². The quantitative estimate of drug-likeness (QED) is 0.733. The van der Waals surface area contributed by atoms with Crippen LogP contribution in [0.2, 0.25) is 0 Å². The second-order valence-corrected chi connectivity index (χ2v) is 7.56. The summed E-state index contributed by atoms with van der Waals surface area (Å²) in [7, 11) is 0. The van der Waals surface area contributed by atoms with E-state index in [0.717, 1.165) is 12.0 Å². The Kier molecular flexibility index (Phi) is 5.68. The molecule has 0 aliphatic carbocycles. The molecule has 2 heterocycles. The lowest BCUT2D eigenvalue weighted by Gasteiger charge is -2.36. The van der Waals surface area contributed by atoms with E-state index in [9.17, 15) is 14.4 Å². The first-order valence-corrected chi connectivity index (χ1v) is 9.63. The molecule has 4 amide bonds. The number of hydrogen-bond donors (Lipinski definition) is 3. The Morgan fingerprint density at radius 3 is 2.63 bits per heavy atom. The second-order valence-electron chi connectivity index (χ2n) is 7.56. The molecule has 0 radical (unpaired) electrons. The zero-order valence-electron chi connectivity index (χ0n) is 16.1. The maximum atomic E-state index is 12.7. The van der Waals surface area contributed by atoms with Crippen LogP contribution in [0.4, 0.5) is 4.79 Å². The summed E-state index contributed by atoms with van der Waals surface area (Å²) in [5.74, 6) is -0.0806. The van der Waals surface area contributed by atoms with E-state index in [1.165, 1.54) is 0 Å². The van der Waals surface area contributed by atoms with Crippen molar-refractivity contribution in [3.63, 3.8) is 0 Å². The Balaban J connectivity index is 1.58. The summed E-state index contributed by atoms with van der Waals surface area (Å²) in [6.45, 7) is 6.26.